The van der Waals surface area contributed by atoms with Gasteiger partial charge in [-0.1, -0.05) is 13.0 Å². The van der Waals surface area contributed by atoms with Gasteiger partial charge < -0.3 is 34.9 Å². The number of aromatic nitrogens is 1. The van der Waals surface area contributed by atoms with E-state index in [9.17, 15) is 20.4 Å². The van der Waals surface area contributed by atoms with Crippen molar-refractivity contribution < 1.29 is 29.9 Å². The van der Waals surface area contributed by atoms with Crippen LogP contribution in [0.2, 0.25) is 0 Å². The highest BCUT2D eigenvalue weighted by Crippen LogP contribution is 2.28. The van der Waals surface area contributed by atoms with Crippen molar-refractivity contribution in [2.24, 2.45) is 0 Å². The molecule has 5 atom stereocenters. The first-order chi connectivity index (χ1) is 14.0. The molecule has 1 fully saturated rings. The van der Waals surface area contributed by atoms with E-state index < -0.39 is 37.3 Å². The van der Waals surface area contributed by atoms with Gasteiger partial charge in [0.2, 0.25) is 6.29 Å². The number of aromatic amines is 1. The number of likely N-dealkylation sites (N-methyl/N-ethyl adjacent to an activating group) is 1. The van der Waals surface area contributed by atoms with E-state index in [2.05, 4.69) is 23.4 Å². The number of ether oxygens (including phenoxy) is 2. The summed E-state index contributed by atoms with van der Waals surface area (Å²) in [5, 5.41) is 40.3. The van der Waals surface area contributed by atoms with Crippen LogP contribution in [0.4, 0.5) is 0 Å². The third-order valence-electron chi connectivity index (χ3n) is 5.37. The zero-order chi connectivity index (χ0) is 21.0. The zero-order valence-corrected chi connectivity index (χ0v) is 16.6. The van der Waals surface area contributed by atoms with E-state index in [1.807, 2.05) is 24.4 Å². The molecule has 8 heteroatoms. The maximum Gasteiger partial charge on any atom is 0.229 e. The van der Waals surface area contributed by atoms with E-state index >= 15 is 0 Å². The van der Waals surface area contributed by atoms with Crippen LogP contribution in [0.15, 0.2) is 37.1 Å². The van der Waals surface area contributed by atoms with Crippen LogP contribution in [0.25, 0.3) is 10.9 Å². The summed E-state index contributed by atoms with van der Waals surface area (Å²) >= 11 is 0. The predicted molar refractivity (Wildman–Crippen MR) is 109 cm³/mol. The first-order valence-electron chi connectivity index (χ1n) is 9.88. The molecule has 2 aromatic rings. The van der Waals surface area contributed by atoms with Gasteiger partial charge in [-0.15, -0.1) is 6.58 Å². The van der Waals surface area contributed by atoms with Crippen molar-refractivity contribution >= 4 is 10.9 Å². The molecule has 1 saturated heterocycles. The number of benzene rings is 1. The van der Waals surface area contributed by atoms with E-state index in [1.165, 1.54) is 0 Å². The Morgan fingerprint density at radius 2 is 2.03 bits per heavy atom. The molecule has 1 aromatic heterocycles. The van der Waals surface area contributed by atoms with Gasteiger partial charge in [-0.3, -0.25) is 4.90 Å². The Balaban J connectivity index is 1.74. The summed E-state index contributed by atoms with van der Waals surface area (Å²) in [5.41, 5.74) is 2.11. The second kappa shape index (κ2) is 9.71. The number of aliphatic hydroxyl groups is 4. The molecule has 0 spiro atoms. The molecule has 0 radical (unpaired) electrons. The van der Waals surface area contributed by atoms with Crippen LogP contribution < -0.4 is 4.74 Å². The average Bonchev–Trinajstić information content (AvgIpc) is 3.13. The molecule has 1 aromatic carbocycles. The molecule has 1 aliphatic heterocycles. The molecule has 0 saturated carbocycles. The fourth-order valence-corrected chi connectivity index (χ4v) is 3.58. The van der Waals surface area contributed by atoms with Crippen LogP contribution in [-0.4, -0.2) is 87.3 Å². The van der Waals surface area contributed by atoms with Gasteiger partial charge in [0.25, 0.3) is 0 Å². The maximum atomic E-state index is 10.2. The van der Waals surface area contributed by atoms with Gasteiger partial charge in [0.1, 0.15) is 30.2 Å². The van der Waals surface area contributed by atoms with E-state index in [-0.39, 0.29) is 0 Å². The zero-order valence-electron chi connectivity index (χ0n) is 16.6. The lowest BCUT2D eigenvalue weighted by molar-refractivity contribution is -0.277. The molecule has 5 N–H and O–H groups in total. The highest BCUT2D eigenvalue weighted by molar-refractivity contribution is 5.84. The summed E-state index contributed by atoms with van der Waals surface area (Å²) in [5.74, 6) is 0.459. The van der Waals surface area contributed by atoms with Crippen molar-refractivity contribution in [3.05, 3.63) is 42.6 Å². The Morgan fingerprint density at radius 3 is 2.72 bits per heavy atom. The summed E-state index contributed by atoms with van der Waals surface area (Å²) in [7, 11) is 0. The molecule has 0 bridgehead atoms. The summed E-state index contributed by atoms with van der Waals surface area (Å²) in [6.45, 7) is 8.09. The number of nitrogens with one attached hydrogen (secondary N) is 1. The molecule has 0 aliphatic carbocycles. The van der Waals surface area contributed by atoms with Crippen molar-refractivity contribution in [1.29, 1.82) is 0 Å². The van der Waals surface area contributed by atoms with Crippen LogP contribution in [0, 0.1) is 0 Å². The lowest BCUT2D eigenvalue weighted by atomic mass is 9.99. The largest absolute Gasteiger partial charge is 0.462 e. The minimum Gasteiger partial charge on any atom is -0.462 e. The molecule has 0 amide bonds. The van der Waals surface area contributed by atoms with E-state index in [4.69, 9.17) is 9.47 Å². The summed E-state index contributed by atoms with van der Waals surface area (Å²) in [6, 6.07) is 5.46. The highest BCUT2D eigenvalue weighted by atomic mass is 16.7. The number of H-pyrrole nitrogens is 1. The van der Waals surface area contributed by atoms with Crippen LogP contribution in [0.1, 0.15) is 12.5 Å². The lowest BCUT2D eigenvalue weighted by Crippen LogP contribution is -2.60. The van der Waals surface area contributed by atoms with Gasteiger partial charge >= 0.3 is 0 Å². The normalized spacial score (nSPS) is 27.4. The van der Waals surface area contributed by atoms with Gasteiger partial charge in [0.05, 0.1) is 6.61 Å². The summed E-state index contributed by atoms with van der Waals surface area (Å²) in [6.07, 6.45) is -1.80. The van der Waals surface area contributed by atoms with Crippen LogP contribution in [0.3, 0.4) is 0 Å². The summed E-state index contributed by atoms with van der Waals surface area (Å²) < 4.78 is 11.2. The van der Waals surface area contributed by atoms with Crippen molar-refractivity contribution in [3.8, 4) is 5.75 Å². The van der Waals surface area contributed by atoms with E-state index in [0.717, 1.165) is 42.5 Å². The second-order valence-corrected chi connectivity index (χ2v) is 7.27. The van der Waals surface area contributed by atoms with E-state index in [0.29, 0.717) is 5.75 Å². The molecular weight excluding hydrogens is 376 g/mol. The first-order valence-corrected chi connectivity index (χ1v) is 9.88. The quantitative estimate of drug-likeness (QED) is 0.383. The number of aliphatic hydroxyl groups excluding tert-OH is 4. The molecule has 160 valence electrons. The SMILES string of the molecule is C=CCN(CC)CCc1c[nH]c2ccc(OC3OC(CO)C(O)C(O)C3O)cc12. The number of nitrogens with zero attached hydrogens (tertiary/aromatic N) is 1. The van der Waals surface area contributed by atoms with Gasteiger partial charge in [0.15, 0.2) is 0 Å². The smallest absolute Gasteiger partial charge is 0.229 e. The molecule has 3 rings (SSSR count). The number of fused-ring (bicyclic) bond motifs is 1. The lowest BCUT2D eigenvalue weighted by Gasteiger charge is -2.39. The van der Waals surface area contributed by atoms with Crippen LogP contribution in [0.5, 0.6) is 5.75 Å². The van der Waals surface area contributed by atoms with Crippen LogP contribution in [-0.2, 0) is 11.2 Å². The van der Waals surface area contributed by atoms with Crippen molar-refractivity contribution in [1.82, 2.24) is 9.88 Å². The highest BCUT2D eigenvalue weighted by Gasteiger charge is 2.44. The molecule has 8 nitrogen and oxygen atoms in total. The fourth-order valence-electron chi connectivity index (χ4n) is 3.58. The number of hydrogen-bond donors (Lipinski definition) is 5. The second-order valence-electron chi connectivity index (χ2n) is 7.27. The topological polar surface area (TPSA) is 118 Å². The van der Waals surface area contributed by atoms with Crippen molar-refractivity contribution in [2.75, 3.05) is 26.2 Å². The first kappa shape index (κ1) is 21.8. The molecular formula is C21H30N2O6. The molecule has 29 heavy (non-hydrogen) atoms. The predicted octanol–water partition coefficient (Wildman–Crippen LogP) is 0.397. The number of rotatable bonds is 9. The monoisotopic (exact) mass is 406 g/mol. The average molecular weight is 406 g/mol. The van der Waals surface area contributed by atoms with E-state index in [1.54, 1.807) is 6.07 Å². The van der Waals surface area contributed by atoms with Gasteiger partial charge in [-0.2, -0.15) is 0 Å². The van der Waals surface area contributed by atoms with Gasteiger partial charge in [-0.05, 0) is 36.7 Å². The van der Waals surface area contributed by atoms with Crippen molar-refractivity contribution in [2.45, 2.75) is 44.1 Å². The number of hydrogen-bond acceptors (Lipinski definition) is 7. The Bertz CT molecular complexity index is 808. The standard InChI is InChI=1S/C21H30N2O6/c1-3-8-23(4-2)9-7-13-11-22-16-6-5-14(10-15(13)16)28-21-20(27)19(26)18(25)17(12-24)29-21/h3,5-6,10-11,17-22,24-27H,1,4,7-9,12H2,2H3. The van der Waals surface area contributed by atoms with Gasteiger partial charge in [0, 0.05) is 30.2 Å². The van der Waals surface area contributed by atoms with Gasteiger partial charge in [-0.25, -0.2) is 0 Å². The Morgan fingerprint density at radius 1 is 1.24 bits per heavy atom. The Labute approximate surface area is 170 Å². The minimum atomic E-state index is -1.47. The van der Waals surface area contributed by atoms with Crippen molar-refractivity contribution in [3.63, 3.8) is 0 Å². The molecule has 1 aliphatic rings. The maximum absolute atomic E-state index is 10.2. The minimum absolute atomic E-state index is 0.459. The third-order valence-corrected chi connectivity index (χ3v) is 5.37. The fraction of sp³-hybridized carbons (Fsp3) is 0.524. The molecule has 2 heterocycles. The third kappa shape index (κ3) is 4.80. The van der Waals surface area contributed by atoms with Crippen LogP contribution >= 0.6 is 0 Å². The molecule has 5 unspecified atom stereocenters. The Kier molecular flexibility index (Phi) is 7.28. The Hall–Kier alpha value is -1.94. The summed E-state index contributed by atoms with van der Waals surface area (Å²) in [4.78, 5) is 5.54.